The maximum absolute atomic E-state index is 10.7. The Labute approximate surface area is 81.6 Å². The molecule has 0 bridgehead atoms. The Kier molecular flexibility index (Phi) is 4.55. The third-order valence-corrected chi connectivity index (χ3v) is 1.58. The molecule has 0 fully saturated rings. The van der Waals surface area contributed by atoms with Crippen LogP contribution in [0.15, 0.2) is 11.6 Å². The van der Waals surface area contributed by atoms with Crippen LogP contribution in [0, 0.1) is 11.3 Å². The Morgan fingerprint density at radius 3 is 2.14 bits per heavy atom. The standard InChI is InChI=1S/C9H13NO4/c1-5(2)8(10)6(9(13)14)3-4-7(11)12/h3,5,10H,4H2,1-2H3,(H,11,12)(H,13,14). The van der Waals surface area contributed by atoms with E-state index < -0.39 is 11.9 Å². The monoisotopic (exact) mass is 199 g/mol. The molecular formula is C9H13NO4. The lowest BCUT2D eigenvalue weighted by molar-refractivity contribution is -0.136. The Bertz CT molecular complexity index is 291. The zero-order valence-corrected chi connectivity index (χ0v) is 8.07. The number of carbonyl (C=O) groups is 2. The zero-order chi connectivity index (χ0) is 11.3. The Morgan fingerprint density at radius 2 is 1.86 bits per heavy atom. The van der Waals surface area contributed by atoms with Crippen molar-refractivity contribution in [2.75, 3.05) is 0 Å². The van der Waals surface area contributed by atoms with Crippen molar-refractivity contribution in [1.29, 1.82) is 5.41 Å². The molecule has 0 aromatic rings. The van der Waals surface area contributed by atoms with E-state index in [4.69, 9.17) is 15.6 Å². The number of carboxylic acid groups (broad SMARTS) is 2. The summed E-state index contributed by atoms with van der Waals surface area (Å²) in [5, 5.41) is 24.5. The van der Waals surface area contributed by atoms with Gasteiger partial charge in [0, 0.05) is 5.71 Å². The lowest BCUT2D eigenvalue weighted by Gasteiger charge is -2.07. The van der Waals surface area contributed by atoms with Gasteiger partial charge in [-0.3, -0.25) is 4.79 Å². The van der Waals surface area contributed by atoms with Gasteiger partial charge in [-0.25, -0.2) is 4.79 Å². The van der Waals surface area contributed by atoms with Crippen molar-refractivity contribution < 1.29 is 19.8 Å². The molecule has 0 saturated carbocycles. The molecule has 0 atom stereocenters. The second-order valence-electron chi connectivity index (χ2n) is 3.09. The minimum Gasteiger partial charge on any atom is -0.481 e. The van der Waals surface area contributed by atoms with Crippen molar-refractivity contribution in [2.45, 2.75) is 20.3 Å². The van der Waals surface area contributed by atoms with E-state index in [-0.39, 0.29) is 23.6 Å². The first kappa shape index (κ1) is 12.3. The number of nitrogens with one attached hydrogen (secondary N) is 1. The first-order valence-electron chi connectivity index (χ1n) is 4.10. The van der Waals surface area contributed by atoms with Crippen LogP contribution < -0.4 is 0 Å². The second kappa shape index (κ2) is 5.16. The summed E-state index contributed by atoms with van der Waals surface area (Å²) in [6.07, 6.45) is 0.670. The third-order valence-electron chi connectivity index (χ3n) is 1.58. The van der Waals surface area contributed by atoms with E-state index in [9.17, 15) is 9.59 Å². The van der Waals surface area contributed by atoms with Crippen molar-refractivity contribution in [2.24, 2.45) is 5.92 Å². The Morgan fingerprint density at radius 1 is 1.36 bits per heavy atom. The van der Waals surface area contributed by atoms with Crippen molar-refractivity contribution in [1.82, 2.24) is 0 Å². The maximum Gasteiger partial charge on any atom is 0.337 e. The number of hydrogen-bond acceptors (Lipinski definition) is 3. The summed E-state index contributed by atoms with van der Waals surface area (Å²) in [5.74, 6) is -2.60. The third kappa shape index (κ3) is 3.84. The highest BCUT2D eigenvalue weighted by Crippen LogP contribution is 2.07. The molecule has 0 aliphatic carbocycles. The lowest BCUT2D eigenvalue weighted by atomic mass is 9.99. The smallest absolute Gasteiger partial charge is 0.337 e. The van der Waals surface area contributed by atoms with E-state index >= 15 is 0 Å². The van der Waals surface area contributed by atoms with E-state index in [2.05, 4.69) is 0 Å². The minimum atomic E-state index is -1.26. The fourth-order valence-corrected chi connectivity index (χ4v) is 0.813. The molecule has 0 unspecified atom stereocenters. The number of rotatable bonds is 5. The lowest BCUT2D eigenvalue weighted by Crippen LogP contribution is -2.17. The van der Waals surface area contributed by atoms with Crippen LogP contribution in [0.3, 0.4) is 0 Å². The molecule has 3 N–H and O–H groups in total. The molecule has 5 heteroatoms. The van der Waals surface area contributed by atoms with Gasteiger partial charge in [-0.2, -0.15) is 0 Å². The van der Waals surface area contributed by atoms with Gasteiger partial charge in [0.15, 0.2) is 0 Å². The fraction of sp³-hybridized carbons (Fsp3) is 0.444. The van der Waals surface area contributed by atoms with Crippen LogP contribution >= 0.6 is 0 Å². The molecule has 0 aliphatic rings. The molecule has 0 radical (unpaired) electrons. The summed E-state index contributed by atoms with van der Waals surface area (Å²) in [6.45, 7) is 3.36. The molecular weight excluding hydrogens is 186 g/mol. The zero-order valence-electron chi connectivity index (χ0n) is 8.07. The van der Waals surface area contributed by atoms with Crippen LogP contribution in [0.25, 0.3) is 0 Å². The fourth-order valence-electron chi connectivity index (χ4n) is 0.813. The van der Waals surface area contributed by atoms with Crippen molar-refractivity contribution >= 4 is 17.7 Å². The summed E-state index contributed by atoms with van der Waals surface area (Å²) in [5.41, 5.74) is -0.291. The van der Waals surface area contributed by atoms with Gasteiger partial charge in [0.25, 0.3) is 0 Å². The summed E-state index contributed by atoms with van der Waals surface area (Å²) in [7, 11) is 0. The van der Waals surface area contributed by atoms with Crippen molar-refractivity contribution in [3.05, 3.63) is 11.6 Å². The van der Waals surface area contributed by atoms with Gasteiger partial charge in [-0.15, -0.1) is 0 Å². The molecule has 14 heavy (non-hydrogen) atoms. The number of aliphatic carboxylic acids is 2. The van der Waals surface area contributed by atoms with Crippen LogP contribution in [-0.2, 0) is 9.59 Å². The SMILES string of the molecule is CC(C)C(=N)C(=CCC(=O)O)C(=O)O. The molecule has 0 spiro atoms. The number of hydrogen-bond donors (Lipinski definition) is 3. The normalized spacial score (nSPS) is 11.5. The van der Waals surface area contributed by atoms with E-state index in [1.807, 2.05) is 0 Å². The Balaban J connectivity index is 4.77. The average molecular weight is 199 g/mol. The van der Waals surface area contributed by atoms with Crippen molar-refractivity contribution in [3.8, 4) is 0 Å². The van der Waals surface area contributed by atoms with Crippen molar-refractivity contribution in [3.63, 3.8) is 0 Å². The van der Waals surface area contributed by atoms with E-state index in [0.717, 1.165) is 6.08 Å². The molecule has 0 rings (SSSR count). The van der Waals surface area contributed by atoms with E-state index in [1.54, 1.807) is 13.8 Å². The van der Waals surface area contributed by atoms with E-state index in [0.29, 0.717) is 0 Å². The quantitative estimate of drug-likeness (QED) is 0.456. The highest BCUT2D eigenvalue weighted by atomic mass is 16.4. The van der Waals surface area contributed by atoms with Gasteiger partial charge in [-0.1, -0.05) is 19.9 Å². The van der Waals surface area contributed by atoms with Gasteiger partial charge in [0.2, 0.25) is 0 Å². The van der Waals surface area contributed by atoms with Gasteiger partial charge >= 0.3 is 11.9 Å². The van der Waals surface area contributed by atoms with E-state index in [1.165, 1.54) is 0 Å². The number of carboxylic acids is 2. The summed E-state index contributed by atoms with van der Waals surface area (Å²) in [6, 6.07) is 0. The molecule has 0 aromatic carbocycles. The minimum absolute atomic E-state index is 0.0567. The molecule has 5 nitrogen and oxygen atoms in total. The molecule has 0 heterocycles. The van der Waals surface area contributed by atoms with Crippen LogP contribution in [-0.4, -0.2) is 27.9 Å². The van der Waals surface area contributed by atoms with Gasteiger partial charge in [0.1, 0.15) is 0 Å². The predicted octanol–water partition coefficient (Wildman–Crippen LogP) is 1.15. The summed E-state index contributed by atoms with van der Waals surface area (Å²) >= 11 is 0. The second-order valence-corrected chi connectivity index (χ2v) is 3.09. The highest BCUT2D eigenvalue weighted by molar-refractivity contribution is 6.18. The van der Waals surface area contributed by atoms with Crippen LogP contribution in [0.5, 0.6) is 0 Å². The van der Waals surface area contributed by atoms with Gasteiger partial charge in [-0.05, 0) is 5.92 Å². The largest absolute Gasteiger partial charge is 0.481 e. The molecule has 0 amide bonds. The molecule has 0 aliphatic heterocycles. The summed E-state index contributed by atoms with van der Waals surface area (Å²) < 4.78 is 0. The first-order chi connectivity index (χ1) is 6.36. The predicted molar refractivity (Wildman–Crippen MR) is 50.5 cm³/mol. The topological polar surface area (TPSA) is 98.5 Å². The molecule has 0 saturated heterocycles. The van der Waals surface area contributed by atoms with Gasteiger partial charge in [0.05, 0.1) is 12.0 Å². The molecule has 78 valence electrons. The Hall–Kier alpha value is -1.65. The average Bonchev–Trinajstić information content (AvgIpc) is 2.02. The van der Waals surface area contributed by atoms with Gasteiger partial charge < -0.3 is 15.6 Å². The van der Waals surface area contributed by atoms with Crippen LogP contribution in [0.4, 0.5) is 0 Å². The first-order valence-corrected chi connectivity index (χ1v) is 4.10. The highest BCUT2D eigenvalue weighted by Gasteiger charge is 2.16. The molecule has 0 aromatic heterocycles. The maximum atomic E-state index is 10.7. The van der Waals surface area contributed by atoms with Crippen LogP contribution in [0.2, 0.25) is 0 Å². The van der Waals surface area contributed by atoms with Crippen LogP contribution in [0.1, 0.15) is 20.3 Å². The summed E-state index contributed by atoms with van der Waals surface area (Å²) in [4.78, 5) is 20.9.